The van der Waals surface area contributed by atoms with Crippen LogP contribution in [-0.4, -0.2) is 15.3 Å². The van der Waals surface area contributed by atoms with Gasteiger partial charge in [-0.2, -0.15) is 0 Å². The number of benzene rings is 1. The Labute approximate surface area is 128 Å². The first kappa shape index (κ1) is 13.8. The molecule has 6 heteroatoms. The molecule has 0 saturated carbocycles. The minimum absolute atomic E-state index is 0.207. The highest BCUT2D eigenvalue weighted by molar-refractivity contribution is 9.10. The minimum Gasteiger partial charge on any atom is -0.323 e. The SMILES string of the molecule is CC(=O)Nc1cc(-c2ccccc2F)cn2c(Br)cnc12. The predicted molar refractivity (Wildman–Crippen MR) is 82.6 cm³/mol. The van der Waals surface area contributed by atoms with E-state index < -0.39 is 0 Å². The molecule has 0 aliphatic rings. The molecule has 0 atom stereocenters. The van der Waals surface area contributed by atoms with Gasteiger partial charge in [0.05, 0.1) is 11.9 Å². The molecule has 2 heterocycles. The summed E-state index contributed by atoms with van der Waals surface area (Å²) in [5, 5.41) is 2.73. The van der Waals surface area contributed by atoms with E-state index in [1.807, 2.05) is 0 Å². The summed E-state index contributed by atoms with van der Waals surface area (Å²) in [6.07, 6.45) is 3.40. The average molecular weight is 348 g/mol. The van der Waals surface area contributed by atoms with Gasteiger partial charge >= 0.3 is 0 Å². The predicted octanol–water partition coefficient (Wildman–Crippen LogP) is 3.86. The molecule has 0 bridgehead atoms. The zero-order valence-electron chi connectivity index (χ0n) is 11.1. The number of fused-ring (bicyclic) bond motifs is 1. The van der Waals surface area contributed by atoms with Crippen molar-refractivity contribution in [3.63, 3.8) is 0 Å². The normalized spacial score (nSPS) is 10.8. The number of anilines is 1. The molecule has 21 heavy (non-hydrogen) atoms. The molecule has 1 aromatic carbocycles. The number of halogens is 2. The third-order valence-corrected chi connectivity index (χ3v) is 3.64. The van der Waals surface area contributed by atoms with E-state index in [-0.39, 0.29) is 11.7 Å². The summed E-state index contributed by atoms with van der Waals surface area (Å²) in [5.74, 6) is -0.524. The molecule has 0 saturated heterocycles. The van der Waals surface area contributed by atoms with E-state index in [9.17, 15) is 9.18 Å². The van der Waals surface area contributed by atoms with Crippen LogP contribution in [0.25, 0.3) is 16.8 Å². The average Bonchev–Trinajstić information content (AvgIpc) is 2.81. The maximum atomic E-state index is 14.0. The lowest BCUT2D eigenvalue weighted by molar-refractivity contribution is -0.114. The molecule has 0 aliphatic carbocycles. The van der Waals surface area contributed by atoms with Gasteiger partial charge in [0.15, 0.2) is 5.65 Å². The van der Waals surface area contributed by atoms with E-state index in [0.29, 0.717) is 22.5 Å². The number of amides is 1. The molecule has 0 fully saturated rings. The first-order valence-electron chi connectivity index (χ1n) is 6.25. The molecule has 0 aliphatic heterocycles. The number of pyridine rings is 1. The second kappa shape index (κ2) is 5.29. The summed E-state index contributed by atoms with van der Waals surface area (Å²) >= 11 is 3.39. The van der Waals surface area contributed by atoms with Gasteiger partial charge < -0.3 is 5.32 Å². The van der Waals surface area contributed by atoms with Crippen LogP contribution < -0.4 is 5.32 Å². The molecule has 0 radical (unpaired) electrons. The maximum absolute atomic E-state index is 14.0. The van der Waals surface area contributed by atoms with Crippen molar-refractivity contribution in [2.45, 2.75) is 6.92 Å². The van der Waals surface area contributed by atoms with Crippen molar-refractivity contribution in [2.75, 3.05) is 5.32 Å². The van der Waals surface area contributed by atoms with Crippen LogP contribution >= 0.6 is 15.9 Å². The third kappa shape index (κ3) is 2.54. The van der Waals surface area contributed by atoms with E-state index >= 15 is 0 Å². The van der Waals surface area contributed by atoms with E-state index in [1.165, 1.54) is 13.0 Å². The number of rotatable bonds is 2. The third-order valence-electron chi connectivity index (χ3n) is 3.06. The van der Waals surface area contributed by atoms with Gasteiger partial charge in [-0.25, -0.2) is 9.37 Å². The van der Waals surface area contributed by atoms with Crippen LogP contribution in [0.3, 0.4) is 0 Å². The Bertz CT molecular complexity index is 844. The fourth-order valence-electron chi connectivity index (χ4n) is 2.18. The Kier molecular flexibility index (Phi) is 3.47. The van der Waals surface area contributed by atoms with E-state index in [0.717, 1.165) is 4.60 Å². The van der Waals surface area contributed by atoms with Crippen LogP contribution in [0.5, 0.6) is 0 Å². The first-order valence-corrected chi connectivity index (χ1v) is 7.04. The Hall–Kier alpha value is -2.21. The second-order valence-corrected chi connectivity index (χ2v) is 5.39. The molecule has 4 nitrogen and oxygen atoms in total. The number of hydrogen-bond donors (Lipinski definition) is 1. The Morgan fingerprint density at radius 1 is 1.38 bits per heavy atom. The minimum atomic E-state index is -0.318. The van der Waals surface area contributed by atoms with Crippen LogP contribution in [0.15, 0.2) is 47.3 Å². The number of hydrogen-bond acceptors (Lipinski definition) is 2. The number of nitrogens with zero attached hydrogens (tertiary/aromatic N) is 2. The van der Waals surface area contributed by atoms with Crippen molar-refractivity contribution in [1.29, 1.82) is 0 Å². The van der Waals surface area contributed by atoms with Gasteiger partial charge in [-0.1, -0.05) is 18.2 Å². The molecular weight excluding hydrogens is 337 g/mol. The van der Waals surface area contributed by atoms with Crippen molar-refractivity contribution < 1.29 is 9.18 Å². The molecule has 0 spiro atoms. The largest absolute Gasteiger partial charge is 0.323 e. The quantitative estimate of drug-likeness (QED) is 0.764. The van der Waals surface area contributed by atoms with Crippen LogP contribution in [0.2, 0.25) is 0 Å². The molecule has 1 N–H and O–H groups in total. The van der Waals surface area contributed by atoms with Crippen molar-refractivity contribution >= 4 is 33.2 Å². The second-order valence-electron chi connectivity index (χ2n) is 4.58. The van der Waals surface area contributed by atoms with E-state index in [4.69, 9.17) is 0 Å². The van der Waals surface area contributed by atoms with E-state index in [1.54, 1.807) is 41.1 Å². The zero-order chi connectivity index (χ0) is 15.0. The number of imidazole rings is 1. The number of nitrogens with one attached hydrogen (secondary N) is 1. The standard InChI is InChI=1S/C15H11BrFN3O/c1-9(21)19-13-6-10(11-4-2-3-5-12(11)17)8-20-14(16)7-18-15(13)20/h2-8H,1H3,(H,19,21). The van der Waals surface area contributed by atoms with Crippen molar-refractivity contribution in [3.8, 4) is 11.1 Å². The Balaban J connectivity index is 2.27. The van der Waals surface area contributed by atoms with Crippen LogP contribution in [-0.2, 0) is 4.79 Å². The maximum Gasteiger partial charge on any atom is 0.221 e. The molecule has 2 aromatic heterocycles. The van der Waals surface area contributed by atoms with Crippen molar-refractivity contribution in [2.24, 2.45) is 0 Å². The fraction of sp³-hybridized carbons (Fsp3) is 0.0667. The lowest BCUT2D eigenvalue weighted by Gasteiger charge is -2.10. The number of carbonyl (C=O) groups is 1. The molecule has 106 valence electrons. The van der Waals surface area contributed by atoms with Gasteiger partial charge in [-0.15, -0.1) is 0 Å². The highest BCUT2D eigenvalue weighted by Gasteiger charge is 2.12. The van der Waals surface area contributed by atoms with Gasteiger partial charge in [0.2, 0.25) is 5.91 Å². The van der Waals surface area contributed by atoms with Gasteiger partial charge in [0, 0.05) is 24.2 Å². The first-order chi connectivity index (χ1) is 10.1. The lowest BCUT2D eigenvalue weighted by Crippen LogP contribution is -2.08. The lowest BCUT2D eigenvalue weighted by atomic mass is 10.1. The summed E-state index contributed by atoms with van der Waals surface area (Å²) in [6, 6.07) is 8.22. The smallest absolute Gasteiger partial charge is 0.221 e. The number of aromatic nitrogens is 2. The summed E-state index contributed by atoms with van der Waals surface area (Å²) in [7, 11) is 0. The highest BCUT2D eigenvalue weighted by atomic mass is 79.9. The van der Waals surface area contributed by atoms with Crippen LogP contribution in [0, 0.1) is 5.82 Å². The molecule has 3 aromatic rings. The van der Waals surface area contributed by atoms with E-state index in [2.05, 4.69) is 26.2 Å². The summed E-state index contributed by atoms with van der Waals surface area (Å²) in [6.45, 7) is 1.42. The summed E-state index contributed by atoms with van der Waals surface area (Å²) in [5.41, 5.74) is 2.25. The van der Waals surface area contributed by atoms with Gasteiger partial charge in [-0.05, 0) is 28.1 Å². The van der Waals surface area contributed by atoms with Gasteiger partial charge in [-0.3, -0.25) is 9.20 Å². The van der Waals surface area contributed by atoms with Crippen molar-refractivity contribution in [1.82, 2.24) is 9.38 Å². The van der Waals surface area contributed by atoms with Crippen LogP contribution in [0.1, 0.15) is 6.92 Å². The fourth-order valence-corrected chi connectivity index (χ4v) is 2.56. The van der Waals surface area contributed by atoms with Gasteiger partial charge in [0.1, 0.15) is 10.4 Å². The molecule has 3 rings (SSSR count). The Morgan fingerprint density at radius 2 is 2.14 bits per heavy atom. The Morgan fingerprint density at radius 3 is 2.86 bits per heavy atom. The highest BCUT2D eigenvalue weighted by Crippen LogP contribution is 2.29. The topological polar surface area (TPSA) is 46.4 Å². The van der Waals surface area contributed by atoms with Crippen molar-refractivity contribution in [3.05, 3.63) is 53.1 Å². The monoisotopic (exact) mass is 347 g/mol. The molecule has 1 amide bonds. The number of carbonyl (C=O) groups excluding carboxylic acids is 1. The van der Waals surface area contributed by atoms with Crippen LogP contribution in [0.4, 0.5) is 10.1 Å². The zero-order valence-corrected chi connectivity index (χ0v) is 12.7. The molecule has 0 unspecified atom stereocenters. The van der Waals surface area contributed by atoms with Gasteiger partial charge in [0.25, 0.3) is 0 Å². The molecular formula is C15H11BrFN3O. The summed E-state index contributed by atoms with van der Waals surface area (Å²) < 4.78 is 16.5. The summed E-state index contributed by atoms with van der Waals surface area (Å²) in [4.78, 5) is 15.6.